The normalized spacial score (nSPS) is 17.5. The average Bonchev–Trinajstić information content (AvgIpc) is 2.84. The third kappa shape index (κ3) is 3.18. The summed E-state index contributed by atoms with van der Waals surface area (Å²) in [5.41, 5.74) is 0.630. The largest absolute Gasteiger partial charge is 0.373 e. The van der Waals surface area contributed by atoms with Crippen molar-refractivity contribution in [1.29, 1.82) is 0 Å². The maximum atomic E-state index is 11.6. The number of aromatic amines is 1. The van der Waals surface area contributed by atoms with Crippen LogP contribution in [0.5, 0.6) is 0 Å². The minimum absolute atomic E-state index is 0.0268. The Balaban J connectivity index is 1.66. The van der Waals surface area contributed by atoms with Crippen LogP contribution < -0.4 is 5.32 Å². The zero-order chi connectivity index (χ0) is 11.2. The van der Waals surface area contributed by atoms with Crippen LogP contribution in [0.4, 0.5) is 0 Å². The number of aromatic nitrogens is 1. The molecule has 0 aromatic carbocycles. The summed E-state index contributed by atoms with van der Waals surface area (Å²) in [5, 5.41) is 3.31. The molecule has 1 aromatic heterocycles. The van der Waals surface area contributed by atoms with Crippen LogP contribution in [-0.4, -0.2) is 37.1 Å². The molecule has 2 rings (SSSR count). The van der Waals surface area contributed by atoms with Crippen molar-refractivity contribution in [2.45, 2.75) is 12.8 Å². The quantitative estimate of drug-likeness (QED) is 0.736. The van der Waals surface area contributed by atoms with E-state index in [-0.39, 0.29) is 12.4 Å². The molecular formula is C12H18N2O2. The van der Waals surface area contributed by atoms with Crippen LogP contribution in [0.15, 0.2) is 18.3 Å². The standard InChI is InChI=1S/C12H18N2O2/c15-12(11-2-1-5-14-11)9-16-8-10-3-6-13-7-4-10/h1-2,5,10,13-14H,3-4,6-9H2. The fourth-order valence-electron chi connectivity index (χ4n) is 1.95. The van der Waals surface area contributed by atoms with Gasteiger partial charge in [0.05, 0.1) is 12.3 Å². The molecule has 0 atom stereocenters. The van der Waals surface area contributed by atoms with Gasteiger partial charge in [-0.15, -0.1) is 0 Å². The minimum atomic E-state index is 0.0268. The van der Waals surface area contributed by atoms with E-state index >= 15 is 0 Å². The molecule has 1 fully saturated rings. The monoisotopic (exact) mass is 222 g/mol. The molecule has 0 amide bonds. The molecule has 0 saturated carbocycles. The molecule has 0 unspecified atom stereocenters. The van der Waals surface area contributed by atoms with Crippen molar-refractivity contribution in [2.75, 3.05) is 26.3 Å². The first-order chi connectivity index (χ1) is 7.86. The van der Waals surface area contributed by atoms with Crippen LogP contribution in [0, 0.1) is 5.92 Å². The van der Waals surface area contributed by atoms with Crippen molar-refractivity contribution in [1.82, 2.24) is 10.3 Å². The van der Waals surface area contributed by atoms with Crippen molar-refractivity contribution in [3.63, 3.8) is 0 Å². The molecule has 16 heavy (non-hydrogen) atoms. The molecule has 0 radical (unpaired) electrons. The van der Waals surface area contributed by atoms with Crippen LogP contribution in [0.1, 0.15) is 23.3 Å². The van der Waals surface area contributed by atoms with Crippen molar-refractivity contribution in [3.8, 4) is 0 Å². The van der Waals surface area contributed by atoms with E-state index in [4.69, 9.17) is 4.74 Å². The van der Waals surface area contributed by atoms with Gasteiger partial charge in [-0.3, -0.25) is 4.79 Å². The van der Waals surface area contributed by atoms with Gasteiger partial charge < -0.3 is 15.0 Å². The van der Waals surface area contributed by atoms with Crippen molar-refractivity contribution in [3.05, 3.63) is 24.0 Å². The van der Waals surface area contributed by atoms with Gasteiger partial charge in [-0.1, -0.05) is 0 Å². The van der Waals surface area contributed by atoms with E-state index in [2.05, 4.69) is 10.3 Å². The number of rotatable bonds is 5. The second-order valence-corrected chi connectivity index (χ2v) is 4.22. The van der Waals surface area contributed by atoms with Crippen LogP contribution in [0.25, 0.3) is 0 Å². The van der Waals surface area contributed by atoms with E-state index in [0.717, 1.165) is 25.9 Å². The Morgan fingerprint density at radius 2 is 2.25 bits per heavy atom. The number of ether oxygens (including phenoxy) is 1. The first kappa shape index (κ1) is 11.4. The van der Waals surface area contributed by atoms with E-state index in [1.165, 1.54) is 0 Å². The molecule has 4 heteroatoms. The van der Waals surface area contributed by atoms with Gasteiger partial charge in [0.2, 0.25) is 5.78 Å². The number of carbonyl (C=O) groups excluding carboxylic acids is 1. The summed E-state index contributed by atoms with van der Waals surface area (Å²) >= 11 is 0. The molecule has 88 valence electrons. The van der Waals surface area contributed by atoms with E-state index < -0.39 is 0 Å². The zero-order valence-electron chi connectivity index (χ0n) is 9.37. The molecule has 1 aliphatic rings. The Morgan fingerprint density at radius 3 is 2.94 bits per heavy atom. The van der Waals surface area contributed by atoms with E-state index in [9.17, 15) is 4.79 Å². The number of Topliss-reactive ketones (excluding diaryl/α,β-unsaturated/α-hetero) is 1. The van der Waals surface area contributed by atoms with Gasteiger partial charge in [0.25, 0.3) is 0 Å². The molecule has 2 N–H and O–H groups in total. The predicted molar refractivity (Wildman–Crippen MR) is 61.5 cm³/mol. The van der Waals surface area contributed by atoms with Gasteiger partial charge in [0.1, 0.15) is 6.61 Å². The second kappa shape index (κ2) is 5.82. The van der Waals surface area contributed by atoms with Crippen molar-refractivity contribution >= 4 is 5.78 Å². The van der Waals surface area contributed by atoms with Crippen molar-refractivity contribution < 1.29 is 9.53 Å². The van der Waals surface area contributed by atoms with Gasteiger partial charge in [-0.25, -0.2) is 0 Å². The summed E-state index contributed by atoms with van der Waals surface area (Å²) in [4.78, 5) is 14.5. The Hall–Kier alpha value is -1.13. The molecular weight excluding hydrogens is 204 g/mol. The first-order valence-electron chi connectivity index (χ1n) is 5.81. The molecule has 0 bridgehead atoms. The lowest BCUT2D eigenvalue weighted by Gasteiger charge is -2.22. The number of hydrogen-bond acceptors (Lipinski definition) is 3. The number of H-pyrrole nitrogens is 1. The van der Waals surface area contributed by atoms with Gasteiger partial charge in [0.15, 0.2) is 0 Å². The van der Waals surface area contributed by atoms with Gasteiger partial charge in [0, 0.05) is 6.20 Å². The highest BCUT2D eigenvalue weighted by Crippen LogP contribution is 2.11. The smallest absolute Gasteiger partial charge is 0.204 e. The first-order valence-corrected chi connectivity index (χ1v) is 5.81. The minimum Gasteiger partial charge on any atom is -0.373 e. The number of piperidine rings is 1. The number of ketones is 1. The maximum Gasteiger partial charge on any atom is 0.204 e. The molecule has 1 saturated heterocycles. The fourth-order valence-corrected chi connectivity index (χ4v) is 1.95. The summed E-state index contributed by atoms with van der Waals surface area (Å²) in [6, 6.07) is 3.59. The summed E-state index contributed by atoms with van der Waals surface area (Å²) < 4.78 is 5.46. The molecule has 1 aliphatic heterocycles. The molecule has 1 aromatic rings. The third-order valence-electron chi connectivity index (χ3n) is 2.94. The van der Waals surface area contributed by atoms with Gasteiger partial charge in [-0.2, -0.15) is 0 Å². The predicted octanol–water partition coefficient (Wildman–Crippen LogP) is 1.21. The summed E-state index contributed by atoms with van der Waals surface area (Å²) in [5.74, 6) is 0.636. The molecule has 0 spiro atoms. The Bertz CT molecular complexity index is 316. The number of nitrogens with one attached hydrogen (secondary N) is 2. The van der Waals surface area contributed by atoms with Crippen LogP contribution in [0.2, 0.25) is 0 Å². The third-order valence-corrected chi connectivity index (χ3v) is 2.94. The lowest BCUT2D eigenvalue weighted by Crippen LogP contribution is -2.30. The van der Waals surface area contributed by atoms with E-state index in [0.29, 0.717) is 18.2 Å². The highest BCUT2D eigenvalue weighted by Gasteiger charge is 2.14. The number of hydrogen-bond donors (Lipinski definition) is 2. The van der Waals surface area contributed by atoms with Crippen LogP contribution in [-0.2, 0) is 4.74 Å². The lowest BCUT2D eigenvalue weighted by atomic mass is 9.99. The van der Waals surface area contributed by atoms with Gasteiger partial charge in [-0.05, 0) is 44.0 Å². The second-order valence-electron chi connectivity index (χ2n) is 4.22. The fraction of sp³-hybridized carbons (Fsp3) is 0.583. The molecule has 0 aliphatic carbocycles. The zero-order valence-corrected chi connectivity index (χ0v) is 9.37. The Labute approximate surface area is 95.4 Å². The number of carbonyl (C=O) groups is 1. The SMILES string of the molecule is O=C(COCC1CCNCC1)c1ccc[nH]1. The Morgan fingerprint density at radius 1 is 1.44 bits per heavy atom. The maximum absolute atomic E-state index is 11.6. The highest BCUT2D eigenvalue weighted by atomic mass is 16.5. The van der Waals surface area contributed by atoms with Crippen molar-refractivity contribution in [2.24, 2.45) is 5.92 Å². The summed E-state index contributed by atoms with van der Waals surface area (Å²) in [6.07, 6.45) is 4.05. The molecule has 4 nitrogen and oxygen atoms in total. The summed E-state index contributed by atoms with van der Waals surface area (Å²) in [7, 11) is 0. The van der Waals surface area contributed by atoms with Gasteiger partial charge >= 0.3 is 0 Å². The lowest BCUT2D eigenvalue weighted by molar-refractivity contribution is 0.0634. The van der Waals surface area contributed by atoms with E-state index in [1.807, 2.05) is 6.07 Å². The van der Waals surface area contributed by atoms with E-state index in [1.54, 1.807) is 12.3 Å². The van der Waals surface area contributed by atoms with Crippen LogP contribution >= 0.6 is 0 Å². The molecule has 2 heterocycles. The Kier molecular flexibility index (Phi) is 4.13. The highest BCUT2D eigenvalue weighted by molar-refractivity contribution is 5.95. The summed E-state index contributed by atoms with van der Waals surface area (Å²) in [6.45, 7) is 3.02. The topological polar surface area (TPSA) is 54.1 Å². The average molecular weight is 222 g/mol. The van der Waals surface area contributed by atoms with Crippen LogP contribution in [0.3, 0.4) is 0 Å².